The molecule has 1 aromatic rings. The lowest BCUT2D eigenvalue weighted by molar-refractivity contribution is -0.136. The number of likely N-dealkylation sites (N-methyl/N-ethyl adjacent to an activating group) is 1. The Morgan fingerprint density at radius 2 is 2.00 bits per heavy atom. The zero-order chi connectivity index (χ0) is 13.8. The topological polar surface area (TPSA) is 87.6 Å². The van der Waals surface area contributed by atoms with Gasteiger partial charge < -0.3 is 5.11 Å². The van der Waals surface area contributed by atoms with Gasteiger partial charge in [-0.05, 0) is 31.0 Å². The van der Waals surface area contributed by atoms with Crippen LogP contribution in [-0.2, 0) is 21.2 Å². The second-order valence-corrected chi connectivity index (χ2v) is 6.31. The number of hydrogen-bond acceptors (Lipinski definition) is 4. The minimum Gasteiger partial charge on any atom is -0.480 e. The number of aliphatic carboxylic acids is 1. The van der Waals surface area contributed by atoms with Crippen LogP contribution in [0.2, 0.25) is 0 Å². The van der Waals surface area contributed by atoms with E-state index >= 15 is 0 Å². The maximum Gasteiger partial charge on any atom is 0.323 e. The first kappa shape index (κ1) is 14.6. The summed E-state index contributed by atoms with van der Waals surface area (Å²) >= 11 is 0. The van der Waals surface area contributed by atoms with E-state index < -0.39 is 21.2 Å². The Bertz CT molecular complexity index is 501. The van der Waals surface area contributed by atoms with Crippen molar-refractivity contribution in [3.8, 4) is 0 Å². The third-order valence-electron chi connectivity index (χ3n) is 2.69. The van der Waals surface area contributed by atoms with Gasteiger partial charge in [-0.3, -0.25) is 9.78 Å². The molecule has 1 atom stereocenters. The monoisotopic (exact) mass is 272 g/mol. The molecule has 0 spiro atoms. The zero-order valence-electron chi connectivity index (χ0n) is 10.3. The fourth-order valence-electron chi connectivity index (χ4n) is 1.36. The predicted octanol–water partition coefficient (Wildman–Crippen LogP) is 0.359. The highest BCUT2D eigenvalue weighted by Crippen LogP contribution is 2.08. The number of pyridine rings is 1. The molecule has 7 heteroatoms. The summed E-state index contributed by atoms with van der Waals surface area (Å²) in [6.45, 7) is 1.41. The van der Waals surface area contributed by atoms with Crippen molar-refractivity contribution in [2.24, 2.45) is 0 Å². The van der Waals surface area contributed by atoms with Gasteiger partial charge in [0.2, 0.25) is 10.0 Å². The molecule has 0 amide bonds. The Labute approximate surface area is 106 Å². The van der Waals surface area contributed by atoms with Gasteiger partial charge in [0.15, 0.2) is 5.25 Å². The SMILES string of the molecule is CC(C(=O)O)S(=O)(=O)N(C)CCc1ccncc1. The van der Waals surface area contributed by atoms with Crippen LogP contribution in [0.5, 0.6) is 0 Å². The van der Waals surface area contributed by atoms with Crippen molar-refractivity contribution in [2.45, 2.75) is 18.6 Å². The fraction of sp³-hybridized carbons (Fsp3) is 0.455. The summed E-state index contributed by atoms with van der Waals surface area (Å²) in [7, 11) is -2.41. The Morgan fingerprint density at radius 1 is 1.44 bits per heavy atom. The van der Waals surface area contributed by atoms with Crippen molar-refractivity contribution in [1.29, 1.82) is 0 Å². The lowest BCUT2D eigenvalue weighted by Crippen LogP contribution is -2.39. The van der Waals surface area contributed by atoms with Gasteiger partial charge in [-0.2, -0.15) is 0 Å². The standard InChI is InChI=1S/C11H16N2O4S/c1-9(11(14)15)18(16,17)13(2)8-5-10-3-6-12-7-4-10/h3-4,6-7,9H,5,8H2,1-2H3,(H,14,15). The molecular weight excluding hydrogens is 256 g/mol. The van der Waals surface area contributed by atoms with Crippen molar-refractivity contribution in [3.63, 3.8) is 0 Å². The third kappa shape index (κ3) is 3.51. The lowest BCUT2D eigenvalue weighted by Gasteiger charge is -2.19. The number of rotatable bonds is 6. The minimum atomic E-state index is -3.79. The molecule has 1 rings (SSSR count). The van der Waals surface area contributed by atoms with E-state index in [0.29, 0.717) is 6.42 Å². The maximum absolute atomic E-state index is 11.8. The Balaban J connectivity index is 2.66. The summed E-state index contributed by atoms with van der Waals surface area (Å²) in [6, 6.07) is 3.59. The summed E-state index contributed by atoms with van der Waals surface area (Å²) in [4.78, 5) is 14.6. The van der Waals surface area contributed by atoms with E-state index in [1.54, 1.807) is 24.5 Å². The first-order chi connectivity index (χ1) is 8.35. The Morgan fingerprint density at radius 3 is 2.50 bits per heavy atom. The van der Waals surface area contributed by atoms with E-state index in [-0.39, 0.29) is 6.54 Å². The highest BCUT2D eigenvalue weighted by molar-refractivity contribution is 7.90. The van der Waals surface area contributed by atoms with Gasteiger partial charge in [-0.25, -0.2) is 12.7 Å². The molecule has 0 radical (unpaired) electrons. The van der Waals surface area contributed by atoms with Gasteiger partial charge in [-0.1, -0.05) is 0 Å². The molecule has 6 nitrogen and oxygen atoms in total. The van der Waals surface area contributed by atoms with Crippen molar-refractivity contribution < 1.29 is 18.3 Å². The molecule has 0 fully saturated rings. The average Bonchev–Trinajstić information content (AvgIpc) is 2.35. The molecule has 0 aliphatic rings. The number of carbonyl (C=O) groups is 1. The summed E-state index contributed by atoms with van der Waals surface area (Å²) in [5.41, 5.74) is 0.954. The lowest BCUT2D eigenvalue weighted by atomic mass is 10.2. The molecule has 100 valence electrons. The quantitative estimate of drug-likeness (QED) is 0.807. The van der Waals surface area contributed by atoms with Crippen LogP contribution in [0.1, 0.15) is 12.5 Å². The Kier molecular flexibility index (Phi) is 4.80. The highest BCUT2D eigenvalue weighted by atomic mass is 32.2. The van der Waals surface area contributed by atoms with Crippen LogP contribution < -0.4 is 0 Å². The van der Waals surface area contributed by atoms with Gasteiger partial charge in [0.05, 0.1) is 0 Å². The number of sulfonamides is 1. The third-order valence-corrected chi connectivity index (χ3v) is 4.84. The van der Waals surface area contributed by atoms with E-state index in [0.717, 1.165) is 9.87 Å². The number of aromatic nitrogens is 1. The summed E-state index contributed by atoms with van der Waals surface area (Å²) in [5.74, 6) is -1.34. The molecule has 0 aliphatic carbocycles. The largest absolute Gasteiger partial charge is 0.480 e. The molecule has 0 aromatic carbocycles. The van der Waals surface area contributed by atoms with Gasteiger partial charge in [0, 0.05) is 26.0 Å². The van der Waals surface area contributed by atoms with Crippen LogP contribution in [0, 0.1) is 0 Å². The average molecular weight is 272 g/mol. The molecule has 0 saturated heterocycles. The van der Waals surface area contributed by atoms with Crippen LogP contribution in [-0.4, -0.2) is 47.6 Å². The molecule has 1 unspecified atom stereocenters. The summed E-state index contributed by atoms with van der Waals surface area (Å²) in [5, 5.41) is 7.31. The number of carboxylic acid groups (broad SMARTS) is 1. The molecule has 1 N–H and O–H groups in total. The van der Waals surface area contributed by atoms with E-state index in [9.17, 15) is 13.2 Å². The van der Waals surface area contributed by atoms with Crippen LogP contribution >= 0.6 is 0 Å². The maximum atomic E-state index is 11.8. The van der Waals surface area contributed by atoms with Gasteiger partial charge in [0.1, 0.15) is 0 Å². The van der Waals surface area contributed by atoms with Crippen LogP contribution in [0.15, 0.2) is 24.5 Å². The van der Waals surface area contributed by atoms with E-state index in [1.165, 1.54) is 14.0 Å². The van der Waals surface area contributed by atoms with Crippen molar-refractivity contribution >= 4 is 16.0 Å². The first-order valence-corrected chi connectivity index (χ1v) is 6.93. The summed E-state index contributed by atoms with van der Waals surface area (Å²) in [6.07, 6.45) is 3.78. The molecule has 18 heavy (non-hydrogen) atoms. The predicted molar refractivity (Wildman–Crippen MR) is 66.6 cm³/mol. The van der Waals surface area contributed by atoms with Gasteiger partial charge >= 0.3 is 5.97 Å². The van der Waals surface area contributed by atoms with E-state index in [1.807, 2.05) is 0 Å². The smallest absolute Gasteiger partial charge is 0.323 e. The van der Waals surface area contributed by atoms with Crippen molar-refractivity contribution in [2.75, 3.05) is 13.6 Å². The molecular formula is C11H16N2O4S. The van der Waals surface area contributed by atoms with E-state index in [2.05, 4.69) is 4.98 Å². The van der Waals surface area contributed by atoms with Crippen molar-refractivity contribution in [1.82, 2.24) is 9.29 Å². The van der Waals surface area contributed by atoms with E-state index in [4.69, 9.17) is 5.11 Å². The number of nitrogens with zero attached hydrogens (tertiary/aromatic N) is 2. The first-order valence-electron chi connectivity index (χ1n) is 5.42. The second-order valence-electron chi connectivity index (χ2n) is 3.95. The highest BCUT2D eigenvalue weighted by Gasteiger charge is 2.31. The fourth-order valence-corrected chi connectivity index (χ4v) is 2.50. The van der Waals surface area contributed by atoms with Gasteiger partial charge in [0.25, 0.3) is 0 Å². The minimum absolute atomic E-state index is 0.240. The molecule has 0 bridgehead atoms. The number of hydrogen-bond donors (Lipinski definition) is 1. The zero-order valence-corrected chi connectivity index (χ0v) is 11.1. The van der Waals surface area contributed by atoms with Crippen molar-refractivity contribution in [3.05, 3.63) is 30.1 Å². The van der Waals surface area contributed by atoms with Crippen LogP contribution in [0.3, 0.4) is 0 Å². The van der Waals surface area contributed by atoms with Crippen LogP contribution in [0.4, 0.5) is 0 Å². The molecule has 0 saturated carbocycles. The van der Waals surface area contributed by atoms with Gasteiger partial charge in [-0.15, -0.1) is 0 Å². The molecule has 1 heterocycles. The number of carboxylic acids is 1. The Hall–Kier alpha value is -1.47. The molecule has 1 aromatic heterocycles. The normalized spacial score (nSPS) is 13.5. The van der Waals surface area contributed by atoms with Crippen LogP contribution in [0.25, 0.3) is 0 Å². The summed E-state index contributed by atoms with van der Waals surface area (Å²) < 4.78 is 24.7. The second kappa shape index (κ2) is 5.92. The molecule has 0 aliphatic heterocycles.